The lowest BCUT2D eigenvalue weighted by Crippen LogP contribution is -2.21. The highest BCUT2D eigenvalue weighted by Crippen LogP contribution is 2.30. The zero-order chi connectivity index (χ0) is 18.8. The van der Waals surface area contributed by atoms with Crippen LogP contribution < -0.4 is 0 Å². The largest absolute Gasteiger partial charge is 0.453 e. The number of hydrogen-bond acceptors (Lipinski definition) is 5. The summed E-state index contributed by atoms with van der Waals surface area (Å²) in [4.78, 5) is 3.43. The van der Waals surface area contributed by atoms with E-state index in [4.69, 9.17) is 4.42 Å². The number of aliphatic hydroxyl groups is 1. The maximum atomic E-state index is 10.4. The molecule has 3 aromatic rings. The highest BCUT2D eigenvalue weighted by molar-refractivity contribution is 7.99. The molecule has 0 radical (unpaired) electrons. The molecule has 4 rings (SSSR count). The fourth-order valence-electron chi connectivity index (χ4n) is 3.56. The highest BCUT2D eigenvalue weighted by Gasteiger charge is 2.32. The van der Waals surface area contributed by atoms with Crippen LogP contribution in [0.3, 0.4) is 0 Å². The Morgan fingerprint density at radius 1 is 1.19 bits per heavy atom. The minimum Gasteiger partial charge on any atom is -0.453 e. The molecule has 1 aromatic carbocycles. The zero-order valence-electron chi connectivity index (χ0n) is 15.7. The Labute approximate surface area is 163 Å². The molecule has 0 saturated carbocycles. The van der Waals surface area contributed by atoms with Gasteiger partial charge in [-0.15, -0.1) is 0 Å². The Balaban J connectivity index is 1.33. The van der Waals surface area contributed by atoms with Gasteiger partial charge in [-0.25, -0.2) is 0 Å². The molecule has 5 nitrogen and oxygen atoms in total. The Morgan fingerprint density at radius 3 is 2.74 bits per heavy atom. The average molecular weight is 384 g/mol. The molecular weight excluding hydrogens is 358 g/mol. The first-order valence-corrected chi connectivity index (χ1v) is 10.1. The molecule has 27 heavy (non-hydrogen) atoms. The molecule has 0 unspecified atom stereocenters. The maximum Gasteiger partial charge on any atom is 0.165 e. The SMILES string of the molecule is Cc1ccc(Sc2ccc(CN3C[C@@H](Cc4cc(C)[nH]n4)[C@H](O)C3)o2)cc1. The fourth-order valence-corrected chi connectivity index (χ4v) is 4.35. The molecule has 0 bridgehead atoms. The highest BCUT2D eigenvalue weighted by atomic mass is 32.2. The van der Waals surface area contributed by atoms with Crippen molar-refractivity contribution < 1.29 is 9.52 Å². The zero-order valence-corrected chi connectivity index (χ0v) is 16.5. The minimum atomic E-state index is -0.321. The van der Waals surface area contributed by atoms with Crippen LogP contribution >= 0.6 is 11.8 Å². The third kappa shape index (κ3) is 4.64. The molecule has 2 atom stereocenters. The normalized spacial score (nSPS) is 20.4. The average Bonchev–Trinajstić information content (AvgIpc) is 3.33. The van der Waals surface area contributed by atoms with E-state index in [-0.39, 0.29) is 12.0 Å². The van der Waals surface area contributed by atoms with Gasteiger partial charge in [0.1, 0.15) is 5.76 Å². The number of nitrogens with zero attached hydrogens (tertiary/aromatic N) is 2. The Kier molecular flexibility index (Phi) is 5.38. The van der Waals surface area contributed by atoms with Crippen LogP contribution in [0.5, 0.6) is 0 Å². The van der Waals surface area contributed by atoms with Gasteiger partial charge in [0, 0.05) is 29.6 Å². The topological polar surface area (TPSA) is 65.3 Å². The summed E-state index contributed by atoms with van der Waals surface area (Å²) < 4.78 is 5.99. The van der Waals surface area contributed by atoms with Crippen LogP contribution in [0.15, 0.2) is 56.9 Å². The number of nitrogens with one attached hydrogen (secondary N) is 1. The third-order valence-corrected chi connectivity index (χ3v) is 5.90. The molecule has 2 N–H and O–H groups in total. The van der Waals surface area contributed by atoms with Crippen molar-refractivity contribution >= 4 is 11.8 Å². The number of aliphatic hydroxyl groups excluding tert-OH is 1. The van der Waals surface area contributed by atoms with Gasteiger partial charge < -0.3 is 9.52 Å². The van der Waals surface area contributed by atoms with Gasteiger partial charge in [-0.3, -0.25) is 10.00 Å². The fraction of sp³-hybridized carbons (Fsp3) is 0.381. The molecule has 2 aromatic heterocycles. The van der Waals surface area contributed by atoms with E-state index in [0.717, 1.165) is 41.8 Å². The quantitative estimate of drug-likeness (QED) is 0.678. The molecule has 1 aliphatic heterocycles. The number of β-amino-alcohol motifs (C(OH)–C–C–N with tert-alkyl or cyclic N) is 1. The van der Waals surface area contributed by atoms with Gasteiger partial charge in [0.05, 0.1) is 18.3 Å². The van der Waals surface area contributed by atoms with E-state index < -0.39 is 0 Å². The number of H-pyrrole nitrogens is 1. The van der Waals surface area contributed by atoms with Crippen LogP contribution in [0.25, 0.3) is 0 Å². The summed E-state index contributed by atoms with van der Waals surface area (Å²) in [5, 5.41) is 18.6. The molecular formula is C21H25N3O2S. The Hall–Kier alpha value is -2.02. The van der Waals surface area contributed by atoms with Crippen LogP contribution in [0.4, 0.5) is 0 Å². The summed E-state index contributed by atoms with van der Waals surface area (Å²) in [6, 6.07) is 14.6. The number of furan rings is 1. The van der Waals surface area contributed by atoms with E-state index in [2.05, 4.69) is 52.4 Å². The van der Waals surface area contributed by atoms with Crippen molar-refractivity contribution in [3.05, 3.63) is 65.2 Å². The van der Waals surface area contributed by atoms with E-state index in [9.17, 15) is 5.11 Å². The molecule has 3 heterocycles. The van der Waals surface area contributed by atoms with Gasteiger partial charge in [0.25, 0.3) is 0 Å². The van der Waals surface area contributed by atoms with Crippen molar-refractivity contribution in [2.45, 2.75) is 42.9 Å². The van der Waals surface area contributed by atoms with Gasteiger partial charge in [0.2, 0.25) is 0 Å². The number of benzene rings is 1. The molecule has 142 valence electrons. The van der Waals surface area contributed by atoms with Crippen LogP contribution in [0, 0.1) is 19.8 Å². The van der Waals surface area contributed by atoms with Crippen molar-refractivity contribution in [3.63, 3.8) is 0 Å². The van der Waals surface area contributed by atoms with Crippen molar-refractivity contribution in [1.82, 2.24) is 15.1 Å². The second-order valence-corrected chi connectivity index (χ2v) is 8.48. The molecule has 1 fully saturated rings. The smallest absolute Gasteiger partial charge is 0.165 e. The second kappa shape index (κ2) is 7.92. The first-order chi connectivity index (χ1) is 13.0. The summed E-state index contributed by atoms with van der Waals surface area (Å²) in [7, 11) is 0. The molecule has 1 saturated heterocycles. The van der Waals surface area contributed by atoms with Crippen LogP contribution in [0.1, 0.15) is 22.7 Å². The monoisotopic (exact) mass is 383 g/mol. The van der Waals surface area contributed by atoms with Gasteiger partial charge in [0.15, 0.2) is 5.09 Å². The summed E-state index contributed by atoms with van der Waals surface area (Å²) in [6.45, 7) is 6.34. The lowest BCUT2D eigenvalue weighted by molar-refractivity contribution is 0.139. The minimum absolute atomic E-state index is 0.212. The van der Waals surface area contributed by atoms with E-state index in [1.165, 1.54) is 10.5 Å². The Morgan fingerprint density at radius 2 is 2.00 bits per heavy atom. The number of aromatic amines is 1. The predicted octanol–water partition coefficient (Wildman–Crippen LogP) is 3.81. The first-order valence-electron chi connectivity index (χ1n) is 9.30. The van der Waals surface area contributed by atoms with Crippen LogP contribution in [0.2, 0.25) is 0 Å². The van der Waals surface area contributed by atoms with Gasteiger partial charge >= 0.3 is 0 Å². The number of likely N-dealkylation sites (tertiary alicyclic amines) is 1. The predicted molar refractivity (Wildman–Crippen MR) is 106 cm³/mol. The van der Waals surface area contributed by atoms with E-state index >= 15 is 0 Å². The lowest BCUT2D eigenvalue weighted by atomic mass is 10.0. The van der Waals surface area contributed by atoms with Crippen molar-refractivity contribution in [1.29, 1.82) is 0 Å². The molecule has 0 aliphatic carbocycles. The lowest BCUT2D eigenvalue weighted by Gasteiger charge is -2.13. The summed E-state index contributed by atoms with van der Waals surface area (Å²) >= 11 is 1.63. The Bertz CT molecular complexity index is 887. The number of aryl methyl sites for hydroxylation is 2. The van der Waals surface area contributed by atoms with E-state index in [0.29, 0.717) is 6.54 Å². The van der Waals surface area contributed by atoms with Crippen molar-refractivity contribution in [2.75, 3.05) is 13.1 Å². The maximum absolute atomic E-state index is 10.4. The number of aromatic nitrogens is 2. The number of hydrogen-bond donors (Lipinski definition) is 2. The summed E-state index contributed by atoms with van der Waals surface area (Å²) in [5.41, 5.74) is 3.34. The molecule has 1 aliphatic rings. The standard InChI is InChI=1S/C21H25N3O2S/c1-14-3-6-19(7-4-14)27-21-8-5-18(26-21)12-24-11-16(20(25)13-24)10-17-9-15(2)22-23-17/h3-9,16,20,25H,10-13H2,1-2H3,(H,22,23)/t16-,20-/m1/s1. The summed E-state index contributed by atoms with van der Waals surface area (Å²) in [6.07, 6.45) is 0.479. The molecule has 0 amide bonds. The second-order valence-electron chi connectivity index (χ2n) is 7.40. The molecule has 6 heteroatoms. The van der Waals surface area contributed by atoms with E-state index in [1.54, 1.807) is 11.8 Å². The first kappa shape index (κ1) is 18.3. The van der Waals surface area contributed by atoms with Gasteiger partial charge in [-0.1, -0.05) is 29.5 Å². The summed E-state index contributed by atoms with van der Waals surface area (Å²) in [5.74, 6) is 1.15. The third-order valence-electron chi connectivity index (χ3n) is 4.97. The van der Waals surface area contributed by atoms with Crippen LogP contribution in [-0.4, -0.2) is 39.4 Å². The van der Waals surface area contributed by atoms with Crippen molar-refractivity contribution in [2.24, 2.45) is 5.92 Å². The van der Waals surface area contributed by atoms with Gasteiger partial charge in [-0.05, 0) is 50.6 Å². The van der Waals surface area contributed by atoms with E-state index in [1.807, 2.05) is 19.1 Å². The molecule has 0 spiro atoms. The van der Waals surface area contributed by atoms with Crippen molar-refractivity contribution in [3.8, 4) is 0 Å². The van der Waals surface area contributed by atoms with Crippen LogP contribution in [-0.2, 0) is 13.0 Å². The van der Waals surface area contributed by atoms with Gasteiger partial charge in [-0.2, -0.15) is 5.10 Å². The number of rotatable bonds is 6.